The summed E-state index contributed by atoms with van der Waals surface area (Å²) in [4.78, 5) is 17.0. The van der Waals surface area contributed by atoms with Crippen molar-refractivity contribution in [2.75, 3.05) is 11.6 Å². The van der Waals surface area contributed by atoms with Crippen LogP contribution in [-0.4, -0.2) is 37.6 Å². The average Bonchev–Trinajstić information content (AvgIpc) is 3.17. The summed E-state index contributed by atoms with van der Waals surface area (Å²) in [7, 11) is 0. The molecule has 4 aromatic rings. The second-order valence-electron chi connectivity index (χ2n) is 7.78. The quantitative estimate of drug-likeness (QED) is 0.326. The van der Waals surface area contributed by atoms with E-state index < -0.39 is 0 Å². The number of hydrogen-bond donors (Lipinski definition) is 2. The molecule has 2 heterocycles. The van der Waals surface area contributed by atoms with E-state index in [1.54, 1.807) is 0 Å². The summed E-state index contributed by atoms with van der Waals surface area (Å²) in [5.74, 6) is 7.07. The number of carbonyl (C=O) groups excluding carboxylic acids is 1. The number of para-hydroxylation sites is 1. The Hall–Kier alpha value is -3.39. The fourth-order valence-corrected chi connectivity index (χ4v) is 4.01. The molecular weight excluding hydrogens is 420 g/mol. The van der Waals surface area contributed by atoms with Gasteiger partial charge in [0.15, 0.2) is 5.82 Å². The Morgan fingerprint density at radius 2 is 1.91 bits per heavy atom. The van der Waals surface area contributed by atoms with E-state index in [9.17, 15) is 4.79 Å². The normalized spacial score (nSPS) is 12.1. The maximum absolute atomic E-state index is 12.1. The van der Waals surface area contributed by atoms with Gasteiger partial charge in [0.05, 0.1) is 17.0 Å². The van der Waals surface area contributed by atoms with E-state index in [1.807, 2.05) is 44.2 Å². The molecule has 0 unspecified atom stereocenters. The van der Waals surface area contributed by atoms with Gasteiger partial charge in [-0.3, -0.25) is 4.79 Å². The van der Waals surface area contributed by atoms with Crippen LogP contribution in [0.5, 0.6) is 0 Å². The minimum Gasteiger partial charge on any atom is -0.353 e. The largest absolute Gasteiger partial charge is 0.353 e. The van der Waals surface area contributed by atoms with Crippen LogP contribution < -0.4 is 11.2 Å². The lowest BCUT2D eigenvalue weighted by molar-refractivity contribution is -0.119. The fourth-order valence-electron chi connectivity index (χ4n) is 3.34. The van der Waals surface area contributed by atoms with Crippen molar-refractivity contribution < 1.29 is 4.79 Å². The highest BCUT2D eigenvalue weighted by Gasteiger charge is 2.18. The molecule has 4 rings (SSSR count). The highest BCUT2D eigenvalue weighted by Crippen LogP contribution is 2.32. The molecule has 0 aliphatic carbocycles. The molecule has 0 saturated carbocycles. The monoisotopic (exact) mass is 446 g/mol. The van der Waals surface area contributed by atoms with Crippen molar-refractivity contribution in [3.63, 3.8) is 0 Å². The van der Waals surface area contributed by atoms with E-state index in [0.717, 1.165) is 34.1 Å². The number of fused-ring (bicyclic) bond motifs is 1. The van der Waals surface area contributed by atoms with Crippen LogP contribution in [0.4, 0.5) is 0 Å². The third-order valence-corrected chi connectivity index (χ3v) is 6.26. The molecule has 2 aromatic heterocycles. The average molecular weight is 447 g/mol. The molecule has 0 spiro atoms. The SMILES string of the molecule is CC[C@@H](C)NC(=O)CSc1nnc(-c2cc(-c3ccc(C)cc3)nc3ccccc23)n1N. The van der Waals surface area contributed by atoms with Gasteiger partial charge in [0.25, 0.3) is 0 Å². The number of nitrogens with two attached hydrogens (primary N) is 1. The molecule has 0 radical (unpaired) electrons. The summed E-state index contributed by atoms with van der Waals surface area (Å²) in [5.41, 5.74) is 4.74. The van der Waals surface area contributed by atoms with Gasteiger partial charge in [-0.1, -0.05) is 66.7 Å². The first-order chi connectivity index (χ1) is 15.5. The highest BCUT2D eigenvalue weighted by molar-refractivity contribution is 7.99. The Kier molecular flexibility index (Phi) is 6.41. The summed E-state index contributed by atoms with van der Waals surface area (Å²) in [6, 6.07) is 18.3. The van der Waals surface area contributed by atoms with Gasteiger partial charge in [0.1, 0.15) is 0 Å². The van der Waals surface area contributed by atoms with Gasteiger partial charge in [0.2, 0.25) is 11.1 Å². The number of nitrogens with zero attached hydrogens (tertiary/aromatic N) is 4. The Bertz CT molecular complexity index is 1250. The summed E-state index contributed by atoms with van der Waals surface area (Å²) in [5, 5.41) is 12.9. The molecule has 1 amide bonds. The zero-order valence-electron chi connectivity index (χ0n) is 18.4. The van der Waals surface area contributed by atoms with Gasteiger partial charge in [-0.15, -0.1) is 10.2 Å². The molecule has 0 aliphatic heterocycles. The molecular formula is C24H26N6OS. The second-order valence-corrected chi connectivity index (χ2v) is 8.72. The first-order valence-electron chi connectivity index (χ1n) is 10.6. The standard InChI is InChI=1S/C24H26N6OS/c1-4-16(3)26-22(31)14-32-24-29-28-23(30(24)25)19-13-21(17-11-9-15(2)10-12-17)27-20-8-6-5-7-18(19)20/h5-13,16H,4,14,25H2,1-3H3,(H,26,31)/t16-/m1/s1. The van der Waals surface area contributed by atoms with Gasteiger partial charge in [-0.25, -0.2) is 9.66 Å². The number of benzene rings is 2. The number of amides is 1. The predicted octanol–water partition coefficient (Wildman–Crippen LogP) is 4.19. The van der Waals surface area contributed by atoms with E-state index in [2.05, 4.69) is 46.7 Å². The van der Waals surface area contributed by atoms with Gasteiger partial charge in [-0.05, 0) is 32.4 Å². The van der Waals surface area contributed by atoms with Crippen LogP contribution in [0.2, 0.25) is 0 Å². The Morgan fingerprint density at radius 1 is 1.16 bits per heavy atom. The summed E-state index contributed by atoms with van der Waals surface area (Å²) >= 11 is 1.27. The zero-order chi connectivity index (χ0) is 22.7. The van der Waals surface area contributed by atoms with Crippen molar-refractivity contribution in [2.24, 2.45) is 0 Å². The number of hydrogen-bond acceptors (Lipinski definition) is 6. The van der Waals surface area contributed by atoms with Gasteiger partial charge >= 0.3 is 0 Å². The van der Waals surface area contributed by atoms with Crippen molar-refractivity contribution in [1.82, 2.24) is 25.2 Å². The van der Waals surface area contributed by atoms with E-state index in [0.29, 0.717) is 11.0 Å². The van der Waals surface area contributed by atoms with Crippen LogP contribution in [0.3, 0.4) is 0 Å². The van der Waals surface area contributed by atoms with Crippen molar-refractivity contribution in [2.45, 2.75) is 38.4 Å². The number of pyridine rings is 1. The number of nitrogen functional groups attached to an aromatic ring is 1. The Morgan fingerprint density at radius 3 is 2.66 bits per heavy atom. The number of nitrogens with one attached hydrogen (secondary N) is 1. The number of aryl methyl sites for hydroxylation is 1. The Labute approximate surface area is 191 Å². The number of rotatable bonds is 7. The van der Waals surface area contributed by atoms with Crippen molar-refractivity contribution in [1.29, 1.82) is 0 Å². The molecule has 2 aromatic carbocycles. The zero-order valence-corrected chi connectivity index (χ0v) is 19.2. The van der Waals surface area contributed by atoms with Gasteiger partial charge < -0.3 is 11.2 Å². The first kappa shape index (κ1) is 21.8. The molecule has 32 heavy (non-hydrogen) atoms. The topological polar surface area (TPSA) is 98.7 Å². The van der Waals surface area contributed by atoms with Gasteiger partial charge in [0, 0.05) is 22.6 Å². The minimum atomic E-state index is -0.0510. The van der Waals surface area contributed by atoms with Crippen LogP contribution in [-0.2, 0) is 4.79 Å². The third kappa shape index (κ3) is 4.60. The molecule has 0 bridgehead atoms. The maximum atomic E-state index is 12.1. The second kappa shape index (κ2) is 9.40. The van der Waals surface area contributed by atoms with Crippen LogP contribution in [0.15, 0.2) is 59.8 Å². The lowest BCUT2D eigenvalue weighted by atomic mass is 10.0. The van der Waals surface area contributed by atoms with Gasteiger partial charge in [-0.2, -0.15) is 0 Å². The van der Waals surface area contributed by atoms with Crippen LogP contribution in [0.25, 0.3) is 33.5 Å². The number of aromatic nitrogens is 4. The minimum absolute atomic E-state index is 0.0510. The molecule has 0 fully saturated rings. The number of thioether (sulfide) groups is 1. The van der Waals surface area contributed by atoms with Crippen LogP contribution in [0.1, 0.15) is 25.8 Å². The van der Waals surface area contributed by atoms with E-state index in [-0.39, 0.29) is 17.7 Å². The molecule has 7 nitrogen and oxygen atoms in total. The third-order valence-electron chi connectivity index (χ3n) is 5.32. The molecule has 8 heteroatoms. The van der Waals surface area contributed by atoms with Crippen molar-refractivity contribution >= 4 is 28.6 Å². The smallest absolute Gasteiger partial charge is 0.230 e. The predicted molar refractivity (Wildman–Crippen MR) is 130 cm³/mol. The summed E-state index contributed by atoms with van der Waals surface area (Å²) in [6.07, 6.45) is 0.881. The molecule has 0 saturated heterocycles. The van der Waals surface area contributed by atoms with E-state index in [1.165, 1.54) is 22.0 Å². The molecule has 1 atom stereocenters. The van der Waals surface area contributed by atoms with Crippen LogP contribution in [0, 0.1) is 6.92 Å². The maximum Gasteiger partial charge on any atom is 0.230 e. The van der Waals surface area contributed by atoms with E-state index >= 15 is 0 Å². The molecule has 3 N–H and O–H groups in total. The van der Waals surface area contributed by atoms with Crippen LogP contribution >= 0.6 is 11.8 Å². The first-order valence-corrected chi connectivity index (χ1v) is 11.5. The fraction of sp³-hybridized carbons (Fsp3) is 0.250. The Balaban J connectivity index is 1.69. The highest BCUT2D eigenvalue weighted by atomic mass is 32.2. The summed E-state index contributed by atoms with van der Waals surface area (Å²) in [6.45, 7) is 6.07. The molecule has 0 aliphatic rings. The summed E-state index contributed by atoms with van der Waals surface area (Å²) < 4.78 is 1.45. The lowest BCUT2D eigenvalue weighted by Crippen LogP contribution is -2.33. The lowest BCUT2D eigenvalue weighted by Gasteiger charge is -2.11. The van der Waals surface area contributed by atoms with Crippen molar-refractivity contribution in [3.05, 3.63) is 60.2 Å². The molecule has 164 valence electrons. The number of carbonyl (C=O) groups is 1. The van der Waals surface area contributed by atoms with E-state index in [4.69, 9.17) is 10.8 Å². The van der Waals surface area contributed by atoms with Crippen molar-refractivity contribution in [3.8, 4) is 22.6 Å².